The minimum absolute atomic E-state index is 0.162. The Balaban J connectivity index is 0.000000252. The molecule has 1 aliphatic rings. The molecular formula is C4H7N3O5S-2. The Morgan fingerprint density at radius 3 is 2.00 bits per heavy atom. The number of carbonyl (C=O) groups is 1. The largest absolute Gasteiger partial charge is 0.759 e. The fraction of sp³-hybridized carbons (Fsp3) is 0.500. The summed E-state index contributed by atoms with van der Waals surface area (Å²) in [5.41, 5.74) is 5.22. The second kappa shape index (κ2) is 4.16. The molecule has 1 heterocycles. The summed E-state index contributed by atoms with van der Waals surface area (Å²) in [4.78, 5) is 15.4. The topological polar surface area (TPSA) is 139 Å². The average molecular weight is 209 g/mol. The number of hydrogen-bond donors (Lipinski definition) is 1. The summed E-state index contributed by atoms with van der Waals surface area (Å²) in [5, 5.41) is 0. The quantitative estimate of drug-likeness (QED) is 0.341. The van der Waals surface area contributed by atoms with E-state index >= 15 is 0 Å². The van der Waals surface area contributed by atoms with Gasteiger partial charge in [0.25, 0.3) is 5.91 Å². The molecule has 76 valence electrons. The van der Waals surface area contributed by atoms with Crippen LogP contribution >= 0.6 is 0 Å². The summed E-state index contributed by atoms with van der Waals surface area (Å²) < 4.78 is 34.1. The van der Waals surface area contributed by atoms with Crippen molar-refractivity contribution in [3.05, 3.63) is 0 Å². The predicted octanol–water partition coefficient (Wildman–Crippen LogP) is -2.56. The van der Waals surface area contributed by atoms with Crippen molar-refractivity contribution >= 4 is 22.3 Å². The van der Waals surface area contributed by atoms with Crippen molar-refractivity contribution in [1.82, 2.24) is 4.90 Å². The molecule has 0 saturated carbocycles. The lowest BCUT2D eigenvalue weighted by Gasteiger charge is -2.06. The zero-order valence-corrected chi connectivity index (χ0v) is 7.44. The van der Waals surface area contributed by atoms with Crippen molar-refractivity contribution in [2.45, 2.75) is 0 Å². The first-order valence-electron chi connectivity index (χ1n) is 2.95. The lowest BCUT2D eigenvalue weighted by Crippen LogP contribution is -2.29. The van der Waals surface area contributed by atoms with Crippen LogP contribution in [0.5, 0.6) is 0 Å². The van der Waals surface area contributed by atoms with E-state index in [1.807, 2.05) is 0 Å². The second-order valence-electron chi connectivity index (χ2n) is 2.13. The van der Waals surface area contributed by atoms with Crippen molar-refractivity contribution in [1.29, 1.82) is 0 Å². The van der Waals surface area contributed by atoms with Gasteiger partial charge in [-0.15, -0.1) is 0 Å². The molecule has 1 aliphatic heterocycles. The lowest BCUT2D eigenvalue weighted by molar-refractivity contribution is -0.116. The third kappa shape index (κ3) is 7.18. The molecule has 13 heavy (non-hydrogen) atoms. The van der Waals surface area contributed by atoms with Crippen molar-refractivity contribution in [3.63, 3.8) is 0 Å². The minimum atomic E-state index is -5.17. The van der Waals surface area contributed by atoms with Crippen LogP contribution in [0.4, 0.5) is 0 Å². The second-order valence-corrected chi connectivity index (χ2v) is 2.94. The standard InChI is InChI=1S/C4H7N3O.H2O4S/c1-7-2-3(8)6-4(7)5;1-5(2,3)4/h2H2,1H3,(H2,5,6,8);(H2,1,2,3,4)/p-2. The molecule has 0 aromatic heterocycles. The molecule has 1 amide bonds. The van der Waals surface area contributed by atoms with Gasteiger partial charge < -0.3 is 19.7 Å². The zero-order chi connectivity index (χ0) is 10.6. The number of nitrogens with zero attached hydrogens (tertiary/aromatic N) is 2. The van der Waals surface area contributed by atoms with E-state index < -0.39 is 10.4 Å². The normalized spacial score (nSPS) is 16.4. The number of rotatable bonds is 0. The van der Waals surface area contributed by atoms with Gasteiger partial charge in [-0.25, -0.2) is 0 Å². The molecule has 0 fully saturated rings. The Morgan fingerprint density at radius 2 is 1.92 bits per heavy atom. The van der Waals surface area contributed by atoms with Crippen LogP contribution in [0.1, 0.15) is 0 Å². The van der Waals surface area contributed by atoms with Gasteiger partial charge in [-0.1, -0.05) is 0 Å². The van der Waals surface area contributed by atoms with Gasteiger partial charge in [0.2, 0.25) is 0 Å². The van der Waals surface area contributed by atoms with E-state index in [0.29, 0.717) is 12.5 Å². The molecule has 9 heteroatoms. The average Bonchev–Trinajstić information content (AvgIpc) is 2.05. The van der Waals surface area contributed by atoms with E-state index in [-0.39, 0.29) is 5.91 Å². The van der Waals surface area contributed by atoms with Crippen molar-refractivity contribution in [2.24, 2.45) is 10.7 Å². The Kier molecular flexibility index (Phi) is 3.78. The molecule has 0 aromatic carbocycles. The molecular weight excluding hydrogens is 202 g/mol. The van der Waals surface area contributed by atoms with E-state index in [2.05, 4.69) is 4.99 Å². The van der Waals surface area contributed by atoms with Crippen LogP contribution in [0.15, 0.2) is 4.99 Å². The smallest absolute Gasteiger partial charge is 0.268 e. The highest BCUT2D eigenvalue weighted by atomic mass is 32.3. The van der Waals surface area contributed by atoms with Gasteiger partial charge in [-0.2, -0.15) is 4.99 Å². The molecule has 0 bridgehead atoms. The molecule has 0 aliphatic carbocycles. The third-order valence-electron chi connectivity index (χ3n) is 1.00. The van der Waals surface area contributed by atoms with Gasteiger partial charge in [-0.3, -0.25) is 13.2 Å². The first kappa shape index (κ1) is 11.8. The Morgan fingerprint density at radius 1 is 1.54 bits per heavy atom. The van der Waals surface area contributed by atoms with Crippen LogP contribution in [-0.2, 0) is 15.2 Å². The molecule has 1 rings (SSSR count). The van der Waals surface area contributed by atoms with Gasteiger partial charge in [0.15, 0.2) is 5.96 Å². The highest BCUT2D eigenvalue weighted by Crippen LogP contribution is 1.92. The maximum atomic E-state index is 10.4. The molecule has 0 saturated heterocycles. The third-order valence-corrected chi connectivity index (χ3v) is 1.00. The van der Waals surface area contributed by atoms with E-state index in [4.69, 9.17) is 23.3 Å². The summed E-state index contributed by atoms with van der Waals surface area (Å²) in [7, 11) is -3.44. The van der Waals surface area contributed by atoms with E-state index in [9.17, 15) is 4.79 Å². The Labute approximate surface area is 74.6 Å². The molecule has 2 N–H and O–H groups in total. The van der Waals surface area contributed by atoms with Gasteiger partial charge >= 0.3 is 0 Å². The summed E-state index contributed by atoms with van der Waals surface area (Å²) >= 11 is 0. The van der Waals surface area contributed by atoms with Crippen LogP contribution in [-0.4, -0.2) is 47.9 Å². The summed E-state index contributed by atoms with van der Waals surface area (Å²) in [6, 6.07) is 0. The highest BCUT2D eigenvalue weighted by molar-refractivity contribution is 7.79. The van der Waals surface area contributed by atoms with Crippen LogP contribution in [0.3, 0.4) is 0 Å². The maximum Gasteiger partial charge on any atom is 0.268 e. The maximum absolute atomic E-state index is 10.4. The molecule has 0 radical (unpaired) electrons. The monoisotopic (exact) mass is 209 g/mol. The highest BCUT2D eigenvalue weighted by Gasteiger charge is 2.15. The molecule has 0 atom stereocenters. The summed E-state index contributed by atoms with van der Waals surface area (Å²) in [6.07, 6.45) is 0. The van der Waals surface area contributed by atoms with Crippen LogP contribution in [0.25, 0.3) is 0 Å². The predicted molar refractivity (Wildman–Crippen MR) is 39.7 cm³/mol. The SMILES string of the molecule is CN1CC(=O)N=C1N.O=S(=O)([O-])[O-]. The van der Waals surface area contributed by atoms with Crippen LogP contribution < -0.4 is 5.73 Å². The number of aliphatic imine (C=N–C) groups is 1. The first-order valence-corrected chi connectivity index (χ1v) is 4.28. The van der Waals surface area contributed by atoms with Crippen molar-refractivity contribution in [3.8, 4) is 0 Å². The zero-order valence-electron chi connectivity index (χ0n) is 6.63. The van der Waals surface area contributed by atoms with Gasteiger partial charge in [0, 0.05) is 17.4 Å². The molecule has 8 nitrogen and oxygen atoms in total. The number of likely N-dealkylation sites (N-methyl/N-ethyl adjacent to an activating group) is 1. The fourth-order valence-electron chi connectivity index (χ4n) is 0.532. The van der Waals surface area contributed by atoms with Gasteiger partial charge in [0.1, 0.15) is 6.54 Å². The Bertz CT molecular complexity index is 313. The first-order chi connectivity index (χ1) is 5.70. The number of carbonyl (C=O) groups excluding carboxylic acids is 1. The lowest BCUT2D eigenvalue weighted by atomic mass is 10.6. The van der Waals surface area contributed by atoms with Gasteiger partial charge in [-0.05, 0) is 0 Å². The number of amides is 1. The van der Waals surface area contributed by atoms with E-state index in [0.717, 1.165) is 0 Å². The number of nitrogens with two attached hydrogens (primary N) is 1. The van der Waals surface area contributed by atoms with Crippen molar-refractivity contribution in [2.75, 3.05) is 13.6 Å². The molecule has 0 unspecified atom stereocenters. The van der Waals surface area contributed by atoms with Crippen LogP contribution in [0, 0.1) is 0 Å². The Hall–Kier alpha value is -1.19. The van der Waals surface area contributed by atoms with Crippen molar-refractivity contribution < 1.29 is 22.3 Å². The summed E-state index contributed by atoms with van der Waals surface area (Å²) in [5.74, 6) is 0.153. The van der Waals surface area contributed by atoms with Gasteiger partial charge in [0.05, 0.1) is 0 Å². The number of hydrogen-bond acceptors (Lipinski definition) is 7. The molecule has 0 aromatic rings. The molecule has 0 spiro atoms. The van der Waals surface area contributed by atoms with Crippen LogP contribution in [0.2, 0.25) is 0 Å². The number of guanidine groups is 1. The van der Waals surface area contributed by atoms with E-state index in [1.54, 1.807) is 11.9 Å². The minimum Gasteiger partial charge on any atom is -0.759 e. The fourth-order valence-corrected chi connectivity index (χ4v) is 0.532. The van der Waals surface area contributed by atoms with E-state index in [1.165, 1.54) is 0 Å². The summed E-state index contributed by atoms with van der Waals surface area (Å²) in [6.45, 7) is 0.325.